The molecule has 1 aliphatic rings. The van der Waals surface area contributed by atoms with Crippen LogP contribution in [0.3, 0.4) is 0 Å². The Morgan fingerprint density at radius 2 is 1.15 bits per heavy atom. The van der Waals surface area contributed by atoms with Gasteiger partial charge in [0.1, 0.15) is 11.5 Å². The van der Waals surface area contributed by atoms with E-state index in [1.807, 2.05) is 24.3 Å². The van der Waals surface area contributed by atoms with Gasteiger partial charge in [-0.2, -0.15) is 0 Å². The molecule has 0 saturated heterocycles. The fourth-order valence-corrected chi connectivity index (χ4v) is 2.08. The van der Waals surface area contributed by atoms with Gasteiger partial charge >= 0.3 is 0 Å². The highest BCUT2D eigenvalue weighted by atomic mass is 16.3. The molecular weight excluding hydrogens is 248 g/mol. The normalized spacial score (nSPS) is 11.9. The minimum Gasteiger partial charge on any atom is -0.508 e. The third-order valence-corrected chi connectivity index (χ3v) is 3.23. The van der Waals surface area contributed by atoms with Crippen molar-refractivity contribution >= 4 is 0 Å². The lowest BCUT2D eigenvalue weighted by atomic mass is 9.89. The van der Waals surface area contributed by atoms with E-state index in [1.165, 1.54) is 17.5 Å². The smallest absolute Gasteiger partial charge is 0.115 e. The van der Waals surface area contributed by atoms with Crippen LogP contribution >= 0.6 is 0 Å². The predicted octanol–water partition coefficient (Wildman–Crippen LogP) is 4.59. The van der Waals surface area contributed by atoms with Gasteiger partial charge in [-0.3, -0.25) is 0 Å². The number of phenolic OH excluding ortho intramolecular Hbond substituents is 2. The number of aromatic hydroxyl groups is 2. The van der Waals surface area contributed by atoms with E-state index < -0.39 is 0 Å². The quantitative estimate of drug-likeness (QED) is 0.799. The van der Waals surface area contributed by atoms with Crippen molar-refractivity contribution in [2.75, 3.05) is 0 Å². The van der Waals surface area contributed by atoms with E-state index in [4.69, 9.17) is 0 Å². The summed E-state index contributed by atoms with van der Waals surface area (Å²) in [5.74, 6) is 0.875. The Balaban J connectivity index is 0.000000432. The van der Waals surface area contributed by atoms with Crippen LogP contribution in [0.1, 0.15) is 36.8 Å². The van der Waals surface area contributed by atoms with Gasteiger partial charge in [-0.05, 0) is 48.2 Å². The number of benzene rings is 2. The van der Waals surface area contributed by atoms with Crippen molar-refractivity contribution in [1.29, 1.82) is 0 Å². The standard InChI is InChI=1S/C15H16O2.C3H4/c1-2-15(11-3-7-13(16)8-4-11)12-5-9-14(17)10-6-12;1-2-3-1/h3-10,15-17H,2H2,1H3;1-2H,3H2. The fourth-order valence-electron chi connectivity index (χ4n) is 2.08. The van der Waals surface area contributed by atoms with Crippen molar-refractivity contribution in [2.45, 2.75) is 25.7 Å². The van der Waals surface area contributed by atoms with E-state index in [0.29, 0.717) is 5.92 Å². The molecule has 0 radical (unpaired) electrons. The molecule has 2 N–H and O–H groups in total. The van der Waals surface area contributed by atoms with Crippen LogP contribution in [-0.4, -0.2) is 10.2 Å². The first kappa shape index (κ1) is 14.2. The zero-order valence-electron chi connectivity index (χ0n) is 11.7. The molecule has 0 saturated carbocycles. The minimum atomic E-state index is 0.286. The lowest BCUT2D eigenvalue weighted by Crippen LogP contribution is -1.98. The van der Waals surface area contributed by atoms with Gasteiger partial charge < -0.3 is 10.2 Å². The van der Waals surface area contributed by atoms with Gasteiger partial charge in [0.25, 0.3) is 0 Å². The highest BCUT2D eigenvalue weighted by Crippen LogP contribution is 2.29. The number of allylic oxidation sites excluding steroid dienone is 2. The van der Waals surface area contributed by atoms with Crippen molar-refractivity contribution in [3.8, 4) is 11.5 Å². The third-order valence-electron chi connectivity index (χ3n) is 3.23. The van der Waals surface area contributed by atoms with Crippen LogP contribution < -0.4 is 0 Å². The highest BCUT2D eigenvalue weighted by Gasteiger charge is 2.11. The van der Waals surface area contributed by atoms with E-state index in [-0.39, 0.29) is 11.5 Å². The molecule has 2 aromatic carbocycles. The summed E-state index contributed by atoms with van der Waals surface area (Å²) in [4.78, 5) is 0. The van der Waals surface area contributed by atoms with Gasteiger partial charge in [-0.15, -0.1) is 0 Å². The molecule has 104 valence electrons. The van der Waals surface area contributed by atoms with Gasteiger partial charge in [0.05, 0.1) is 0 Å². The van der Waals surface area contributed by atoms with E-state index >= 15 is 0 Å². The molecule has 2 heteroatoms. The predicted molar refractivity (Wildman–Crippen MR) is 82.1 cm³/mol. The molecule has 2 aromatic rings. The number of hydrogen-bond acceptors (Lipinski definition) is 2. The first-order valence-electron chi connectivity index (χ1n) is 6.93. The van der Waals surface area contributed by atoms with Crippen molar-refractivity contribution in [2.24, 2.45) is 0 Å². The van der Waals surface area contributed by atoms with E-state index in [9.17, 15) is 10.2 Å². The van der Waals surface area contributed by atoms with Crippen LogP contribution in [0.5, 0.6) is 11.5 Å². The van der Waals surface area contributed by atoms with Crippen molar-refractivity contribution < 1.29 is 10.2 Å². The number of hydrogen-bond donors (Lipinski definition) is 2. The zero-order valence-corrected chi connectivity index (χ0v) is 11.7. The van der Waals surface area contributed by atoms with Crippen LogP contribution in [0.25, 0.3) is 0 Å². The van der Waals surface area contributed by atoms with Gasteiger partial charge in [0.15, 0.2) is 0 Å². The molecule has 3 rings (SSSR count). The molecule has 20 heavy (non-hydrogen) atoms. The third kappa shape index (κ3) is 4.16. The molecule has 0 atom stereocenters. The van der Waals surface area contributed by atoms with Crippen LogP contribution in [0.2, 0.25) is 0 Å². The average Bonchev–Trinajstić information content (AvgIpc) is 3.32. The summed E-state index contributed by atoms with van der Waals surface area (Å²) in [6.07, 6.45) is 6.48. The van der Waals surface area contributed by atoms with Crippen LogP contribution in [-0.2, 0) is 0 Å². The minimum absolute atomic E-state index is 0.286. The maximum Gasteiger partial charge on any atom is 0.115 e. The molecule has 0 amide bonds. The Bertz CT molecular complexity index is 503. The van der Waals surface area contributed by atoms with Gasteiger partial charge in [-0.25, -0.2) is 0 Å². The van der Waals surface area contributed by atoms with Crippen molar-refractivity contribution in [3.05, 3.63) is 71.8 Å². The summed E-state index contributed by atoms with van der Waals surface area (Å²) in [7, 11) is 0. The van der Waals surface area contributed by atoms with Crippen LogP contribution in [0.15, 0.2) is 60.7 Å². The molecule has 1 aliphatic carbocycles. The summed E-state index contributed by atoms with van der Waals surface area (Å²) >= 11 is 0. The lowest BCUT2D eigenvalue weighted by molar-refractivity contribution is 0.475. The van der Waals surface area contributed by atoms with Gasteiger partial charge in [0, 0.05) is 5.92 Å². The lowest BCUT2D eigenvalue weighted by Gasteiger charge is -2.16. The Kier molecular flexibility index (Phi) is 4.83. The van der Waals surface area contributed by atoms with Crippen molar-refractivity contribution in [3.63, 3.8) is 0 Å². The Morgan fingerprint density at radius 3 is 1.40 bits per heavy atom. The van der Waals surface area contributed by atoms with Crippen LogP contribution in [0, 0.1) is 0 Å². The Morgan fingerprint density at radius 1 is 0.800 bits per heavy atom. The molecule has 0 heterocycles. The summed E-state index contributed by atoms with van der Waals surface area (Å²) in [5, 5.41) is 18.6. The molecule has 0 fully saturated rings. The monoisotopic (exact) mass is 268 g/mol. The summed E-state index contributed by atoms with van der Waals surface area (Å²) in [6.45, 7) is 2.13. The summed E-state index contributed by atoms with van der Waals surface area (Å²) in [5.41, 5.74) is 2.35. The maximum atomic E-state index is 9.29. The molecule has 0 aromatic heterocycles. The molecule has 2 nitrogen and oxygen atoms in total. The molecular formula is C18H20O2. The highest BCUT2D eigenvalue weighted by molar-refractivity contribution is 5.37. The second-order valence-corrected chi connectivity index (χ2v) is 4.85. The average molecular weight is 268 g/mol. The van der Waals surface area contributed by atoms with Crippen molar-refractivity contribution in [1.82, 2.24) is 0 Å². The molecule has 0 aliphatic heterocycles. The second-order valence-electron chi connectivity index (χ2n) is 4.85. The molecule has 0 spiro atoms. The Hall–Kier alpha value is -2.22. The molecule has 0 bridgehead atoms. The van der Waals surface area contributed by atoms with E-state index in [0.717, 1.165) is 6.42 Å². The van der Waals surface area contributed by atoms with E-state index in [1.54, 1.807) is 24.3 Å². The Labute approximate surface area is 120 Å². The SMILES string of the molecule is C1=CC1.CCC(c1ccc(O)cc1)c1ccc(O)cc1. The topological polar surface area (TPSA) is 40.5 Å². The zero-order chi connectivity index (χ0) is 14.4. The summed E-state index contributed by atoms with van der Waals surface area (Å²) < 4.78 is 0. The van der Waals surface area contributed by atoms with Gasteiger partial charge in [0.2, 0.25) is 0 Å². The van der Waals surface area contributed by atoms with Gasteiger partial charge in [-0.1, -0.05) is 43.3 Å². The maximum absolute atomic E-state index is 9.29. The first-order valence-corrected chi connectivity index (χ1v) is 6.93. The number of phenols is 2. The van der Waals surface area contributed by atoms with Crippen LogP contribution in [0.4, 0.5) is 0 Å². The summed E-state index contributed by atoms with van der Waals surface area (Å²) in [6, 6.07) is 14.6. The largest absolute Gasteiger partial charge is 0.508 e. The molecule has 0 unspecified atom stereocenters. The van der Waals surface area contributed by atoms with E-state index in [2.05, 4.69) is 19.1 Å². The number of rotatable bonds is 3. The fraction of sp³-hybridized carbons (Fsp3) is 0.222. The second kappa shape index (κ2) is 6.80. The first-order chi connectivity index (χ1) is 9.70.